The standard InChI is InChI=1S/C22H21N7O5S3/c1-11-9-12(36-34-33-30)5-7-14(11)19-25-26-20-17(18(22(2,3)4)28-29(19)20)24-27-21-23-15-10-13(37(31)32)6-8-16(15)35-21/h5-10,28,30H,1-4H3,(H,31,32). The van der Waals surface area contributed by atoms with Crippen LogP contribution in [0.3, 0.4) is 0 Å². The average Bonchev–Trinajstić information content (AvgIpc) is 3.54. The molecule has 5 rings (SSSR count). The summed E-state index contributed by atoms with van der Waals surface area (Å²) in [6.07, 6.45) is 0. The molecule has 15 heteroatoms. The molecule has 2 aromatic carbocycles. The van der Waals surface area contributed by atoms with Gasteiger partial charge in [-0.1, -0.05) is 37.1 Å². The Morgan fingerprint density at radius 2 is 1.97 bits per heavy atom. The van der Waals surface area contributed by atoms with E-state index in [0.717, 1.165) is 38.5 Å². The predicted molar refractivity (Wildman–Crippen MR) is 140 cm³/mol. The van der Waals surface area contributed by atoms with Crippen molar-refractivity contribution in [1.29, 1.82) is 0 Å². The molecular formula is C22H21N7O5S3. The quantitative estimate of drug-likeness (QED) is 0.0677. The van der Waals surface area contributed by atoms with E-state index < -0.39 is 11.1 Å². The Labute approximate surface area is 221 Å². The number of azo groups is 1. The first-order valence-electron chi connectivity index (χ1n) is 10.8. The molecule has 5 aromatic rings. The van der Waals surface area contributed by atoms with Crippen molar-refractivity contribution in [2.45, 2.75) is 42.9 Å². The maximum atomic E-state index is 11.4. The maximum absolute atomic E-state index is 11.4. The molecule has 192 valence electrons. The van der Waals surface area contributed by atoms with Crippen LogP contribution in [0, 0.1) is 6.92 Å². The number of nitrogens with one attached hydrogen (secondary N) is 1. The predicted octanol–water partition coefficient (Wildman–Crippen LogP) is 6.36. The molecule has 0 spiro atoms. The number of hydrogen-bond acceptors (Lipinski definition) is 11. The Hall–Kier alpha value is -3.05. The van der Waals surface area contributed by atoms with Crippen molar-refractivity contribution in [3.05, 3.63) is 47.7 Å². The summed E-state index contributed by atoms with van der Waals surface area (Å²) in [6.45, 7) is 8.09. The summed E-state index contributed by atoms with van der Waals surface area (Å²) >= 11 is 0.121. The summed E-state index contributed by atoms with van der Waals surface area (Å²) in [6, 6.07) is 10.5. The molecule has 0 aliphatic carbocycles. The van der Waals surface area contributed by atoms with Crippen molar-refractivity contribution in [2.75, 3.05) is 0 Å². The van der Waals surface area contributed by atoms with Crippen LogP contribution in [0.4, 0.5) is 10.8 Å². The normalized spacial score (nSPS) is 13.4. The second-order valence-electron chi connectivity index (χ2n) is 9.05. The monoisotopic (exact) mass is 559 g/mol. The van der Waals surface area contributed by atoms with Crippen LogP contribution in [-0.2, 0) is 25.9 Å². The Bertz CT molecular complexity index is 1670. The Balaban J connectivity index is 1.56. The zero-order chi connectivity index (χ0) is 26.3. The van der Waals surface area contributed by atoms with Crippen LogP contribution < -0.4 is 0 Å². The minimum atomic E-state index is -2.09. The number of fused-ring (bicyclic) bond motifs is 2. The molecule has 0 bridgehead atoms. The number of nitrogens with zero attached hydrogens (tertiary/aromatic N) is 6. The van der Waals surface area contributed by atoms with Gasteiger partial charge in [-0.25, -0.2) is 19.0 Å². The van der Waals surface area contributed by atoms with Gasteiger partial charge in [-0.2, -0.15) is 0 Å². The molecule has 3 N–H and O–H groups in total. The number of H-pyrrole nitrogens is 1. The van der Waals surface area contributed by atoms with E-state index in [1.165, 1.54) is 11.3 Å². The highest BCUT2D eigenvalue weighted by Gasteiger charge is 2.27. The largest absolute Gasteiger partial charge is 0.302 e. The van der Waals surface area contributed by atoms with Gasteiger partial charge in [-0.15, -0.1) is 24.8 Å². The van der Waals surface area contributed by atoms with Crippen LogP contribution in [0.1, 0.15) is 32.0 Å². The molecule has 0 saturated heterocycles. The molecule has 0 fully saturated rings. The maximum Gasteiger partial charge on any atom is 0.231 e. The number of benzene rings is 2. The number of thiazole rings is 1. The molecule has 1 atom stereocenters. The smallest absolute Gasteiger partial charge is 0.231 e. The zero-order valence-corrected chi connectivity index (χ0v) is 22.4. The topological polar surface area (TPSA) is 160 Å². The van der Waals surface area contributed by atoms with Crippen molar-refractivity contribution in [1.82, 2.24) is 24.8 Å². The number of aromatic nitrogens is 5. The van der Waals surface area contributed by atoms with Crippen molar-refractivity contribution < 1.29 is 23.4 Å². The molecule has 0 aliphatic heterocycles. The number of aromatic amines is 1. The minimum Gasteiger partial charge on any atom is -0.302 e. The number of aryl methyl sites for hydroxylation is 1. The molecule has 3 heterocycles. The van der Waals surface area contributed by atoms with Gasteiger partial charge in [0.15, 0.2) is 22.6 Å². The van der Waals surface area contributed by atoms with Crippen molar-refractivity contribution in [3.63, 3.8) is 0 Å². The van der Waals surface area contributed by atoms with E-state index in [9.17, 15) is 8.76 Å². The lowest BCUT2D eigenvalue weighted by Gasteiger charge is -2.16. The summed E-state index contributed by atoms with van der Waals surface area (Å²) in [5, 5.41) is 33.5. The fraction of sp³-hybridized carbons (Fsp3) is 0.227. The van der Waals surface area contributed by atoms with Crippen LogP contribution in [0.2, 0.25) is 0 Å². The third kappa shape index (κ3) is 5.06. The Morgan fingerprint density at radius 1 is 1.16 bits per heavy atom. The van der Waals surface area contributed by atoms with Crippen LogP contribution >= 0.6 is 23.4 Å². The van der Waals surface area contributed by atoms with Gasteiger partial charge in [0.2, 0.25) is 10.8 Å². The summed E-state index contributed by atoms with van der Waals surface area (Å²) < 4.78 is 27.8. The summed E-state index contributed by atoms with van der Waals surface area (Å²) in [7, 11) is 0. The fourth-order valence-corrected chi connectivity index (χ4v) is 5.37. The first-order valence-corrected chi connectivity index (χ1v) is 13.5. The van der Waals surface area contributed by atoms with Gasteiger partial charge in [0.25, 0.3) is 0 Å². The van der Waals surface area contributed by atoms with Crippen LogP contribution in [0.5, 0.6) is 0 Å². The molecule has 3 aromatic heterocycles. The molecule has 37 heavy (non-hydrogen) atoms. The highest BCUT2D eigenvalue weighted by Crippen LogP contribution is 2.38. The highest BCUT2D eigenvalue weighted by molar-refractivity contribution is 7.94. The van der Waals surface area contributed by atoms with E-state index in [4.69, 9.17) is 5.26 Å². The summed E-state index contributed by atoms with van der Waals surface area (Å²) in [4.78, 5) is 5.45. The lowest BCUT2D eigenvalue weighted by Crippen LogP contribution is -2.12. The Kier molecular flexibility index (Phi) is 6.93. The Morgan fingerprint density at radius 3 is 2.68 bits per heavy atom. The molecule has 0 amide bonds. The highest BCUT2D eigenvalue weighted by atomic mass is 32.2. The second-order valence-corrected chi connectivity index (χ2v) is 11.8. The van der Waals surface area contributed by atoms with Gasteiger partial charge in [-0.3, -0.25) is 5.10 Å². The first kappa shape index (κ1) is 25.6. The average molecular weight is 560 g/mol. The van der Waals surface area contributed by atoms with Gasteiger partial charge in [0, 0.05) is 15.9 Å². The SMILES string of the molecule is Cc1cc(SOOO)ccc1-c1nnc2c(N=Nc3nc4cc(S(=O)O)ccc4s3)c(C(C)(C)C)[nH]n12. The lowest BCUT2D eigenvalue weighted by atomic mass is 9.91. The van der Waals surface area contributed by atoms with Crippen molar-refractivity contribution in [3.8, 4) is 11.4 Å². The van der Waals surface area contributed by atoms with Gasteiger partial charge < -0.3 is 4.55 Å². The molecule has 0 aliphatic rings. The van der Waals surface area contributed by atoms with Gasteiger partial charge in [0.1, 0.15) is 0 Å². The molecule has 0 radical (unpaired) electrons. The van der Waals surface area contributed by atoms with E-state index in [1.54, 1.807) is 22.7 Å². The van der Waals surface area contributed by atoms with Crippen LogP contribution in [0.25, 0.3) is 27.3 Å². The third-order valence-corrected chi connectivity index (χ3v) is 7.62. The number of hydrogen-bond donors (Lipinski definition) is 3. The second kappa shape index (κ2) is 10.0. The first-order chi connectivity index (χ1) is 17.7. The van der Waals surface area contributed by atoms with E-state index >= 15 is 0 Å². The zero-order valence-electron chi connectivity index (χ0n) is 20.0. The van der Waals surface area contributed by atoms with Gasteiger partial charge >= 0.3 is 0 Å². The molecule has 0 saturated carbocycles. The minimum absolute atomic E-state index is 0.274. The lowest BCUT2D eigenvalue weighted by molar-refractivity contribution is -0.432. The fourth-order valence-electron chi connectivity index (χ4n) is 3.74. The van der Waals surface area contributed by atoms with E-state index in [-0.39, 0.29) is 10.3 Å². The van der Waals surface area contributed by atoms with Crippen molar-refractivity contribution in [2.24, 2.45) is 10.2 Å². The molecule has 1 unspecified atom stereocenters. The van der Waals surface area contributed by atoms with E-state index in [1.807, 2.05) is 25.1 Å². The van der Waals surface area contributed by atoms with Crippen LogP contribution in [0.15, 0.2) is 56.4 Å². The van der Waals surface area contributed by atoms with Gasteiger partial charge in [0.05, 0.1) is 32.8 Å². The van der Waals surface area contributed by atoms with Crippen LogP contribution in [-0.4, -0.2) is 38.8 Å². The molecular weight excluding hydrogens is 538 g/mol. The van der Waals surface area contributed by atoms with Crippen molar-refractivity contribution >= 4 is 61.1 Å². The summed E-state index contributed by atoms with van der Waals surface area (Å²) in [5.74, 6) is 0.597. The van der Waals surface area contributed by atoms with Gasteiger partial charge in [-0.05, 0) is 48.9 Å². The van der Waals surface area contributed by atoms with E-state index in [2.05, 4.69) is 60.7 Å². The third-order valence-electron chi connectivity index (χ3n) is 5.47. The van der Waals surface area contributed by atoms with E-state index in [0.29, 0.717) is 27.8 Å². The molecule has 12 nitrogen and oxygen atoms in total. The number of rotatable bonds is 7. The summed E-state index contributed by atoms with van der Waals surface area (Å²) in [5.41, 5.74) is 3.89.